The van der Waals surface area contributed by atoms with Gasteiger partial charge < -0.3 is 15.2 Å². The van der Waals surface area contributed by atoms with Gasteiger partial charge in [-0.15, -0.1) is 0 Å². The second-order valence-corrected chi connectivity index (χ2v) is 8.94. The van der Waals surface area contributed by atoms with Crippen molar-refractivity contribution in [3.8, 4) is 11.5 Å². The molecule has 37 heavy (non-hydrogen) atoms. The number of rotatable bonds is 7. The van der Waals surface area contributed by atoms with E-state index in [1.165, 1.54) is 23.8 Å². The molecule has 198 valence electrons. The van der Waals surface area contributed by atoms with Gasteiger partial charge in [0.05, 0.1) is 11.6 Å². The highest BCUT2D eigenvalue weighted by Crippen LogP contribution is 2.35. The molecule has 2 N–H and O–H groups in total. The maximum Gasteiger partial charge on any atom is 0.416 e. The molecule has 10 heteroatoms. The number of aryl methyl sites for hydroxylation is 2. The molecule has 3 aromatic carbocycles. The highest BCUT2D eigenvalue weighted by atomic mass is 19.4. The van der Waals surface area contributed by atoms with E-state index in [-0.39, 0.29) is 11.3 Å². The van der Waals surface area contributed by atoms with Gasteiger partial charge >= 0.3 is 12.4 Å². The van der Waals surface area contributed by atoms with Crippen LogP contribution in [0.2, 0.25) is 0 Å². The monoisotopic (exact) mass is 527 g/mol. The number of aliphatic hydroxyl groups excluding tert-OH is 1. The van der Waals surface area contributed by atoms with E-state index in [2.05, 4.69) is 5.32 Å². The fourth-order valence-electron chi connectivity index (χ4n) is 4.36. The van der Waals surface area contributed by atoms with Crippen LogP contribution in [0.15, 0.2) is 60.7 Å². The third-order valence-electron chi connectivity index (χ3n) is 6.27. The van der Waals surface area contributed by atoms with E-state index in [9.17, 15) is 35.8 Å². The predicted molar refractivity (Wildman–Crippen MR) is 123 cm³/mol. The lowest BCUT2D eigenvalue weighted by atomic mass is 9.92. The molecule has 0 saturated heterocycles. The number of halogens is 7. The van der Waals surface area contributed by atoms with Gasteiger partial charge in [0.25, 0.3) is 0 Å². The maximum absolute atomic E-state index is 14.7. The zero-order chi connectivity index (χ0) is 26.8. The molecule has 0 aromatic heterocycles. The Bertz CT molecular complexity index is 1240. The molecule has 0 aliphatic heterocycles. The molecule has 0 heterocycles. The molecule has 2 atom stereocenters. The fraction of sp³-hybridized carbons (Fsp3) is 0.333. The minimum Gasteiger partial charge on any atom is -0.457 e. The van der Waals surface area contributed by atoms with Crippen molar-refractivity contribution in [2.75, 3.05) is 6.54 Å². The molecule has 3 aromatic rings. The summed E-state index contributed by atoms with van der Waals surface area (Å²) in [6.45, 7) is -1.07. The largest absolute Gasteiger partial charge is 0.457 e. The van der Waals surface area contributed by atoms with E-state index in [1.54, 1.807) is 12.1 Å². The van der Waals surface area contributed by atoms with Gasteiger partial charge in [0.2, 0.25) is 0 Å². The molecule has 4 rings (SSSR count). The van der Waals surface area contributed by atoms with Crippen molar-refractivity contribution in [1.82, 2.24) is 5.32 Å². The van der Waals surface area contributed by atoms with Crippen LogP contribution in [0.1, 0.15) is 46.7 Å². The van der Waals surface area contributed by atoms with Crippen molar-refractivity contribution in [3.63, 3.8) is 0 Å². The van der Waals surface area contributed by atoms with E-state index < -0.39 is 48.0 Å². The van der Waals surface area contributed by atoms with Crippen LogP contribution in [0.5, 0.6) is 11.5 Å². The van der Waals surface area contributed by atoms with E-state index in [1.807, 2.05) is 12.1 Å². The van der Waals surface area contributed by atoms with Crippen LogP contribution < -0.4 is 10.1 Å². The molecule has 0 fully saturated rings. The summed E-state index contributed by atoms with van der Waals surface area (Å²) in [5.74, 6) is -0.253. The zero-order valence-electron chi connectivity index (χ0n) is 19.5. The number of ether oxygens (including phenoxy) is 1. The Morgan fingerprint density at radius 1 is 0.838 bits per heavy atom. The van der Waals surface area contributed by atoms with Crippen LogP contribution in [0, 0.1) is 5.82 Å². The molecule has 0 spiro atoms. The summed E-state index contributed by atoms with van der Waals surface area (Å²) in [5, 5.41) is 11.8. The van der Waals surface area contributed by atoms with Crippen LogP contribution in [-0.2, 0) is 19.0 Å². The van der Waals surface area contributed by atoms with Crippen LogP contribution >= 0.6 is 0 Å². The lowest BCUT2D eigenvalue weighted by Gasteiger charge is -2.24. The van der Waals surface area contributed by atoms with Crippen molar-refractivity contribution in [2.24, 2.45) is 0 Å². The second kappa shape index (κ2) is 10.7. The smallest absolute Gasteiger partial charge is 0.416 e. The third kappa shape index (κ3) is 6.61. The molecular formula is C27H24F7NO2. The topological polar surface area (TPSA) is 41.5 Å². The van der Waals surface area contributed by atoms with Crippen LogP contribution in [0.4, 0.5) is 30.7 Å². The van der Waals surface area contributed by atoms with E-state index >= 15 is 0 Å². The highest BCUT2D eigenvalue weighted by Gasteiger charge is 2.39. The lowest BCUT2D eigenvalue weighted by Crippen LogP contribution is -2.40. The van der Waals surface area contributed by atoms with E-state index in [0.29, 0.717) is 23.9 Å². The van der Waals surface area contributed by atoms with Gasteiger partial charge in [-0.25, -0.2) is 4.39 Å². The Kier molecular flexibility index (Phi) is 7.80. The molecule has 1 aliphatic carbocycles. The van der Waals surface area contributed by atoms with Gasteiger partial charge in [0, 0.05) is 12.1 Å². The minimum atomic E-state index is -4.97. The molecule has 0 amide bonds. The van der Waals surface area contributed by atoms with Crippen LogP contribution in [0.25, 0.3) is 0 Å². The number of hydrogen-bond acceptors (Lipinski definition) is 3. The number of fused-ring (bicyclic) bond motifs is 1. The molecule has 1 unspecified atom stereocenters. The van der Waals surface area contributed by atoms with Crippen molar-refractivity contribution in [3.05, 3.63) is 94.3 Å². The Morgan fingerprint density at radius 2 is 1.54 bits per heavy atom. The van der Waals surface area contributed by atoms with Gasteiger partial charge in [-0.05, 0) is 84.8 Å². The summed E-state index contributed by atoms with van der Waals surface area (Å²) in [6.07, 6.45) is -8.51. The SMILES string of the molecule is O[C@H](CNC(c1cccc(Oc2ccc3c(c2)CCCC3)c1)c1cc(C(F)(F)F)ccc1F)C(F)(F)F. The summed E-state index contributed by atoms with van der Waals surface area (Å²) in [7, 11) is 0. The van der Waals surface area contributed by atoms with Gasteiger partial charge in [-0.1, -0.05) is 18.2 Å². The van der Waals surface area contributed by atoms with Crippen LogP contribution in [-0.4, -0.2) is 23.9 Å². The van der Waals surface area contributed by atoms with Gasteiger partial charge in [0.15, 0.2) is 6.10 Å². The highest BCUT2D eigenvalue weighted by molar-refractivity contribution is 5.43. The van der Waals surface area contributed by atoms with Gasteiger partial charge in [-0.2, -0.15) is 26.3 Å². The number of aliphatic hydroxyl groups is 1. The summed E-state index contributed by atoms with van der Waals surface area (Å²) >= 11 is 0. The van der Waals surface area contributed by atoms with Crippen molar-refractivity contribution in [2.45, 2.75) is 50.2 Å². The van der Waals surface area contributed by atoms with E-state index in [0.717, 1.165) is 31.2 Å². The average molecular weight is 527 g/mol. The maximum atomic E-state index is 14.7. The third-order valence-corrected chi connectivity index (χ3v) is 6.27. The first kappa shape index (κ1) is 26.9. The molecule has 0 bridgehead atoms. The van der Waals surface area contributed by atoms with Crippen molar-refractivity contribution >= 4 is 0 Å². The van der Waals surface area contributed by atoms with Gasteiger partial charge in [-0.3, -0.25) is 0 Å². The zero-order valence-corrected chi connectivity index (χ0v) is 19.5. The first-order valence-electron chi connectivity index (χ1n) is 11.7. The Morgan fingerprint density at radius 3 is 2.24 bits per heavy atom. The second-order valence-electron chi connectivity index (χ2n) is 8.94. The fourth-order valence-corrected chi connectivity index (χ4v) is 4.36. The molecule has 0 radical (unpaired) electrons. The van der Waals surface area contributed by atoms with Crippen LogP contribution in [0.3, 0.4) is 0 Å². The molecule has 3 nitrogen and oxygen atoms in total. The first-order chi connectivity index (χ1) is 17.4. The number of hydrogen-bond donors (Lipinski definition) is 2. The lowest BCUT2D eigenvalue weighted by molar-refractivity contribution is -0.202. The summed E-state index contributed by atoms with van der Waals surface area (Å²) in [6, 6.07) is 11.9. The predicted octanol–water partition coefficient (Wildman–Crippen LogP) is 7.12. The number of benzene rings is 3. The number of alkyl halides is 6. The Labute approximate surface area is 208 Å². The number of nitrogens with one attached hydrogen (secondary N) is 1. The minimum absolute atomic E-state index is 0.156. The molecule has 0 saturated carbocycles. The van der Waals surface area contributed by atoms with Crippen molar-refractivity contribution < 1.29 is 40.6 Å². The average Bonchev–Trinajstić information content (AvgIpc) is 2.84. The molecule has 1 aliphatic rings. The Hall–Kier alpha value is -3.11. The molecular weight excluding hydrogens is 503 g/mol. The standard InChI is InChI=1S/C27H24F7NO2/c28-23-11-9-19(26(29,30)31)14-22(23)25(35-15-24(36)27(32,33)34)18-6-3-7-20(13-18)37-21-10-8-16-4-1-2-5-17(16)12-21/h3,6-14,24-25,35-36H,1-2,4-5,15H2/t24-,25?/m1/s1. The summed E-state index contributed by atoms with van der Waals surface area (Å²) in [5.41, 5.74) is 0.873. The quantitative estimate of drug-likeness (QED) is 0.322. The Balaban J connectivity index is 1.67. The van der Waals surface area contributed by atoms with Crippen molar-refractivity contribution in [1.29, 1.82) is 0 Å². The summed E-state index contributed by atoms with van der Waals surface area (Å²) < 4.78 is 99.3. The normalized spacial score (nSPS) is 15.7. The summed E-state index contributed by atoms with van der Waals surface area (Å²) in [4.78, 5) is 0. The first-order valence-corrected chi connectivity index (χ1v) is 11.7. The van der Waals surface area contributed by atoms with E-state index in [4.69, 9.17) is 4.74 Å². The van der Waals surface area contributed by atoms with Gasteiger partial charge in [0.1, 0.15) is 17.3 Å².